The molecule has 0 amide bonds. The number of aromatic nitrogens is 1. The number of fused-ring (bicyclic) bond motifs is 5. The first-order valence-electron chi connectivity index (χ1n) is 20.2. The molecule has 58 heavy (non-hydrogen) atoms. The molecule has 0 radical (unpaired) electrons. The van der Waals surface area contributed by atoms with Crippen LogP contribution in [0.2, 0.25) is 0 Å². The topological polar surface area (TPSA) is 8.17 Å². The van der Waals surface area contributed by atoms with Crippen molar-refractivity contribution in [1.82, 2.24) is 4.57 Å². The number of rotatable bonds is 7. The number of anilines is 3. The lowest BCUT2D eigenvalue weighted by Crippen LogP contribution is -2.11. The van der Waals surface area contributed by atoms with Crippen LogP contribution in [0.1, 0.15) is 17.5 Å². The van der Waals surface area contributed by atoms with E-state index in [4.69, 9.17) is 0 Å². The average Bonchev–Trinajstić information content (AvgIpc) is 3.64. The molecule has 1 heterocycles. The Morgan fingerprint density at radius 3 is 1.72 bits per heavy atom. The molecule has 0 spiro atoms. The molecule has 0 bridgehead atoms. The molecule has 0 N–H and O–H groups in total. The van der Waals surface area contributed by atoms with Gasteiger partial charge in [-0.15, -0.1) is 0 Å². The number of benzene rings is 9. The third kappa shape index (κ3) is 5.73. The minimum atomic E-state index is 1.09. The third-order valence-corrected chi connectivity index (χ3v) is 11.9. The lowest BCUT2D eigenvalue weighted by atomic mass is 9.90. The van der Waals surface area contributed by atoms with E-state index in [0.717, 1.165) is 35.6 Å². The van der Waals surface area contributed by atoms with E-state index in [-0.39, 0.29) is 0 Å². The Labute approximate surface area is 339 Å². The Balaban J connectivity index is 1.09. The first-order chi connectivity index (χ1) is 28.8. The molecule has 1 aromatic heterocycles. The number of aryl methyl sites for hydroxylation is 1. The van der Waals surface area contributed by atoms with Crippen LogP contribution in [0.5, 0.6) is 0 Å². The summed E-state index contributed by atoms with van der Waals surface area (Å²) in [5, 5.41) is 5.00. The van der Waals surface area contributed by atoms with Crippen molar-refractivity contribution in [2.24, 2.45) is 0 Å². The standard InChI is InChI=1S/C56H40N2/c1-2-15-40(16-3-1)48-26-13-19-42-20-14-27-52(56(42)48)51-24-8-9-28-53(51)57(43-33-31-41(32-34-43)47-25-12-18-39-17-4-5-21-46(39)47)44-35-37-45(38-36-44)58-54-29-10-6-22-49(54)50-23-7-11-30-55(50)58/h1-3,5-16,18-38H,4,17H2. The monoisotopic (exact) mass is 740 g/mol. The lowest BCUT2D eigenvalue weighted by Gasteiger charge is -2.29. The summed E-state index contributed by atoms with van der Waals surface area (Å²) < 4.78 is 2.39. The van der Waals surface area contributed by atoms with Crippen LogP contribution in [-0.2, 0) is 6.42 Å². The second kappa shape index (κ2) is 14.3. The maximum atomic E-state index is 2.43. The van der Waals surface area contributed by atoms with Crippen molar-refractivity contribution >= 4 is 55.7 Å². The van der Waals surface area contributed by atoms with Crippen molar-refractivity contribution in [2.45, 2.75) is 12.8 Å². The van der Waals surface area contributed by atoms with Crippen molar-refractivity contribution in [3.05, 3.63) is 223 Å². The number of para-hydroxylation sites is 3. The van der Waals surface area contributed by atoms with Crippen molar-refractivity contribution < 1.29 is 0 Å². The largest absolute Gasteiger partial charge is 0.310 e. The van der Waals surface area contributed by atoms with Gasteiger partial charge in [-0.05, 0) is 117 Å². The molecule has 0 saturated carbocycles. The summed E-state index contributed by atoms with van der Waals surface area (Å²) in [6.45, 7) is 0. The summed E-state index contributed by atoms with van der Waals surface area (Å²) in [7, 11) is 0. The molecular formula is C56H40N2. The van der Waals surface area contributed by atoms with E-state index in [0.29, 0.717) is 0 Å². The van der Waals surface area contributed by atoms with Crippen LogP contribution >= 0.6 is 0 Å². The van der Waals surface area contributed by atoms with Gasteiger partial charge in [-0.3, -0.25) is 0 Å². The van der Waals surface area contributed by atoms with Gasteiger partial charge in [-0.1, -0.05) is 164 Å². The normalized spacial score (nSPS) is 12.3. The summed E-state index contributed by atoms with van der Waals surface area (Å²) in [6.07, 6.45) is 6.80. The van der Waals surface area contributed by atoms with Crippen LogP contribution in [0, 0.1) is 0 Å². The number of nitrogens with zero attached hydrogens (tertiary/aromatic N) is 2. The van der Waals surface area contributed by atoms with Crippen LogP contribution < -0.4 is 4.90 Å². The van der Waals surface area contributed by atoms with Crippen molar-refractivity contribution in [1.29, 1.82) is 0 Å². The van der Waals surface area contributed by atoms with E-state index in [1.807, 2.05) is 0 Å². The second-order valence-electron chi connectivity index (χ2n) is 15.2. The molecular weight excluding hydrogens is 701 g/mol. The molecule has 2 nitrogen and oxygen atoms in total. The van der Waals surface area contributed by atoms with E-state index in [1.54, 1.807) is 0 Å². The summed E-state index contributed by atoms with van der Waals surface area (Å²) in [5.41, 5.74) is 17.0. The van der Waals surface area contributed by atoms with Gasteiger partial charge in [0, 0.05) is 33.4 Å². The van der Waals surface area contributed by atoms with Gasteiger partial charge < -0.3 is 9.47 Å². The van der Waals surface area contributed by atoms with Gasteiger partial charge in [0.1, 0.15) is 0 Å². The molecule has 0 saturated heterocycles. The summed E-state index contributed by atoms with van der Waals surface area (Å²) in [4.78, 5) is 2.43. The molecule has 9 aromatic carbocycles. The lowest BCUT2D eigenvalue weighted by molar-refractivity contribution is 0.986. The van der Waals surface area contributed by atoms with Gasteiger partial charge in [0.05, 0.1) is 16.7 Å². The Hall–Kier alpha value is -7.42. The average molecular weight is 741 g/mol. The molecule has 11 rings (SSSR count). The maximum absolute atomic E-state index is 2.43. The smallest absolute Gasteiger partial charge is 0.0541 e. The van der Waals surface area contributed by atoms with Gasteiger partial charge in [0.25, 0.3) is 0 Å². The predicted molar refractivity (Wildman–Crippen MR) is 247 cm³/mol. The Bertz CT molecular complexity index is 3090. The van der Waals surface area contributed by atoms with E-state index in [2.05, 4.69) is 228 Å². The third-order valence-electron chi connectivity index (χ3n) is 11.9. The van der Waals surface area contributed by atoms with Crippen LogP contribution in [0.25, 0.3) is 77.7 Å². The fourth-order valence-electron chi connectivity index (χ4n) is 9.21. The zero-order chi connectivity index (χ0) is 38.4. The zero-order valence-electron chi connectivity index (χ0n) is 32.1. The van der Waals surface area contributed by atoms with Crippen LogP contribution in [0.15, 0.2) is 212 Å². The fraction of sp³-hybridized carbons (Fsp3) is 0.0357. The van der Waals surface area contributed by atoms with Gasteiger partial charge >= 0.3 is 0 Å². The summed E-state index contributed by atoms with van der Waals surface area (Å²) >= 11 is 0. The molecule has 0 aliphatic heterocycles. The number of allylic oxidation sites excluding steroid dienone is 1. The van der Waals surface area contributed by atoms with E-state index in [9.17, 15) is 0 Å². The minimum Gasteiger partial charge on any atom is -0.310 e. The summed E-state index contributed by atoms with van der Waals surface area (Å²) in [6, 6.07) is 75.4. The van der Waals surface area contributed by atoms with Gasteiger partial charge in [0.2, 0.25) is 0 Å². The molecule has 1 aliphatic rings. The summed E-state index contributed by atoms with van der Waals surface area (Å²) in [5.74, 6) is 0. The van der Waals surface area contributed by atoms with E-state index >= 15 is 0 Å². The highest BCUT2D eigenvalue weighted by molar-refractivity contribution is 6.10. The Morgan fingerprint density at radius 2 is 0.983 bits per heavy atom. The molecule has 274 valence electrons. The molecule has 0 atom stereocenters. The SMILES string of the molecule is C1=Cc2c(cccc2-c2ccc(N(c3ccc(-n4c5ccccc5c5ccccc54)cc3)c3ccccc3-c3cccc4cccc(-c5ccccc5)c34)cc2)CC1. The molecule has 10 aromatic rings. The maximum Gasteiger partial charge on any atom is 0.0541 e. The highest BCUT2D eigenvalue weighted by atomic mass is 15.1. The first-order valence-corrected chi connectivity index (χ1v) is 20.2. The number of hydrogen-bond acceptors (Lipinski definition) is 1. The zero-order valence-corrected chi connectivity index (χ0v) is 32.1. The Kier molecular flexibility index (Phi) is 8.33. The number of hydrogen-bond donors (Lipinski definition) is 0. The molecule has 1 aliphatic carbocycles. The van der Waals surface area contributed by atoms with Crippen molar-refractivity contribution in [2.75, 3.05) is 4.90 Å². The van der Waals surface area contributed by atoms with Gasteiger partial charge in [-0.25, -0.2) is 0 Å². The fourth-order valence-corrected chi connectivity index (χ4v) is 9.21. The first kappa shape index (κ1) is 33.9. The molecule has 0 unspecified atom stereocenters. The minimum absolute atomic E-state index is 1.09. The van der Waals surface area contributed by atoms with E-state index in [1.165, 1.54) is 77.1 Å². The van der Waals surface area contributed by atoms with Crippen molar-refractivity contribution in [3.63, 3.8) is 0 Å². The van der Waals surface area contributed by atoms with Crippen molar-refractivity contribution in [3.8, 4) is 39.1 Å². The van der Waals surface area contributed by atoms with Crippen LogP contribution in [-0.4, -0.2) is 4.57 Å². The molecule has 2 heteroatoms. The van der Waals surface area contributed by atoms with Gasteiger partial charge in [0.15, 0.2) is 0 Å². The highest BCUT2D eigenvalue weighted by Gasteiger charge is 2.21. The predicted octanol–water partition coefficient (Wildman–Crippen LogP) is 15.4. The van der Waals surface area contributed by atoms with Gasteiger partial charge in [-0.2, -0.15) is 0 Å². The van der Waals surface area contributed by atoms with Crippen LogP contribution in [0.4, 0.5) is 17.1 Å². The highest BCUT2D eigenvalue weighted by Crippen LogP contribution is 2.45. The quantitative estimate of drug-likeness (QED) is 0.158. The second-order valence-corrected chi connectivity index (χ2v) is 15.2. The van der Waals surface area contributed by atoms with E-state index < -0.39 is 0 Å². The van der Waals surface area contributed by atoms with Crippen LogP contribution in [0.3, 0.4) is 0 Å². The Morgan fingerprint density at radius 1 is 0.414 bits per heavy atom. The molecule has 0 fully saturated rings.